The highest BCUT2D eigenvalue weighted by Crippen LogP contribution is 2.20. The summed E-state index contributed by atoms with van der Waals surface area (Å²) in [4.78, 5) is 41.0. The zero-order valence-electron chi connectivity index (χ0n) is 17.1. The van der Waals surface area contributed by atoms with E-state index in [4.69, 9.17) is 0 Å². The fourth-order valence-corrected chi connectivity index (χ4v) is 3.93. The monoisotopic (exact) mass is 387 g/mol. The van der Waals surface area contributed by atoms with Gasteiger partial charge in [-0.2, -0.15) is 5.10 Å². The van der Waals surface area contributed by atoms with Crippen LogP contribution in [0.5, 0.6) is 0 Å². The number of likely N-dealkylation sites (tertiary alicyclic amines) is 1. The van der Waals surface area contributed by atoms with Crippen LogP contribution >= 0.6 is 0 Å². The van der Waals surface area contributed by atoms with E-state index < -0.39 is 5.69 Å². The summed E-state index contributed by atoms with van der Waals surface area (Å²) in [6.45, 7) is 8.15. The van der Waals surface area contributed by atoms with Gasteiger partial charge in [-0.1, -0.05) is 0 Å². The Balaban J connectivity index is 1.53. The average Bonchev–Trinajstić information content (AvgIpc) is 2.97. The van der Waals surface area contributed by atoms with Crippen LogP contribution in [-0.2, 0) is 24.8 Å². The molecule has 3 heterocycles. The average molecular weight is 387 g/mol. The van der Waals surface area contributed by atoms with E-state index >= 15 is 0 Å². The third-order valence-electron chi connectivity index (χ3n) is 5.71. The van der Waals surface area contributed by atoms with Crippen molar-refractivity contribution in [2.75, 3.05) is 13.1 Å². The van der Waals surface area contributed by atoms with Crippen molar-refractivity contribution in [3.8, 4) is 0 Å². The molecule has 0 bridgehead atoms. The van der Waals surface area contributed by atoms with Crippen LogP contribution in [0.15, 0.2) is 15.7 Å². The number of aryl methyl sites for hydroxylation is 3. The second kappa shape index (κ2) is 8.16. The fraction of sp³-hybridized carbons (Fsp3) is 0.600. The van der Waals surface area contributed by atoms with Gasteiger partial charge in [-0.15, -0.1) is 0 Å². The number of piperidine rings is 1. The van der Waals surface area contributed by atoms with Crippen molar-refractivity contribution in [1.29, 1.82) is 0 Å². The Morgan fingerprint density at radius 1 is 1.21 bits per heavy atom. The molecule has 2 aromatic rings. The number of rotatable bonds is 5. The number of amides is 1. The van der Waals surface area contributed by atoms with Crippen LogP contribution in [0, 0.1) is 26.7 Å². The van der Waals surface area contributed by atoms with Gasteiger partial charge in [0, 0.05) is 50.1 Å². The first-order valence-corrected chi connectivity index (χ1v) is 9.84. The van der Waals surface area contributed by atoms with Crippen molar-refractivity contribution < 1.29 is 4.79 Å². The zero-order valence-corrected chi connectivity index (χ0v) is 17.1. The van der Waals surface area contributed by atoms with Gasteiger partial charge in [-0.3, -0.25) is 18.8 Å². The van der Waals surface area contributed by atoms with E-state index in [-0.39, 0.29) is 17.9 Å². The summed E-state index contributed by atoms with van der Waals surface area (Å²) >= 11 is 0. The molecular formula is C20H29N5O3. The number of nitrogens with zero attached hydrogens (tertiary/aromatic N) is 4. The molecular weight excluding hydrogens is 358 g/mol. The van der Waals surface area contributed by atoms with Crippen LogP contribution in [0.4, 0.5) is 0 Å². The Morgan fingerprint density at radius 2 is 1.89 bits per heavy atom. The van der Waals surface area contributed by atoms with Gasteiger partial charge in [-0.05, 0) is 52.0 Å². The second-order valence-electron chi connectivity index (χ2n) is 7.83. The summed E-state index contributed by atoms with van der Waals surface area (Å²) in [5, 5.41) is 4.53. The normalized spacial score (nSPS) is 15.2. The van der Waals surface area contributed by atoms with E-state index in [1.165, 1.54) is 12.7 Å². The molecule has 28 heavy (non-hydrogen) atoms. The number of hydrogen-bond donors (Lipinski definition) is 1. The summed E-state index contributed by atoms with van der Waals surface area (Å²) in [5.74, 6) is 0.591. The maximum Gasteiger partial charge on any atom is 0.328 e. The minimum Gasteiger partial charge on any atom is -0.343 e. The molecule has 0 saturated carbocycles. The van der Waals surface area contributed by atoms with E-state index in [1.54, 1.807) is 6.92 Å². The van der Waals surface area contributed by atoms with Gasteiger partial charge in [0.05, 0.1) is 5.69 Å². The molecule has 0 aromatic carbocycles. The molecule has 8 heteroatoms. The minimum absolute atomic E-state index is 0.0669. The lowest BCUT2D eigenvalue weighted by atomic mass is 9.96. The molecule has 3 rings (SSSR count). The summed E-state index contributed by atoms with van der Waals surface area (Å²) in [5.41, 5.74) is 2.52. The standard InChI is InChI=1S/C20H29N5O3/c1-13-11-14(2)25(22-13)12-16-7-9-24(10-8-16)18(26)6-5-17-15(3)21-20(28)23(4)19(17)27/h11,16H,5-10,12H2,1-4H3,(H,21,28). The Bertz CT molecular complexity index is 977. The van der Waals surface area contributed by atoms with Crippen LogP contribution in [0.25, 0.3) is 0 Å². The van der Waals surface area contributed by atoms with Crippen LogP contribution in [0.2, 0.25) is 0 Å². The molecule has 0 spiro atoms. The van der Waals surface area contributed by atoms with E-state index in [9.17, 15) is 14.4 Å². The van der Waals surface area contributed by atoms with Crippen molar-refractivity contribution in [3.05, 3.63) is 49.5 Å². The molecule has 0 aliphatic carbocycles. The van der Waals surface area contributed by atoms with E-state index in [0.29, 0.717) is 23.6 Å². The van der Waals surface area contributed by atoms with Crippen molar-refractivity contribution in [3.63, 3.8) is 0 Å². The number of H-pyrrole nitrogens is 1. The quantitative estimate of drug-likeness (QED) is 0.830. The Morgan fingerprint density at radius 3 is 2.50 bits per heavy atom. The largest absolute Gasteiger partial charge is 0.343 e. The van der Waals surface area contributed by atoms with Gasteiger partial charge in [0.15, 0.2) is 0 Å². The van der Waals surface area contributed by atoms with Gasteiger partial charge in [0.25, 0.3) is 5.56 Å². The number of aromatic amines is 1. The van der Waals surface area contributed by atoms with E-state index in [1.807, 2.05) is 11.8 Å². The first-order valence-electron chi connectivity index (χ1n) is 9.84. The summed E-state index contributed by atoms with van der Waals surface area (Å²) in [6.07, 6.45) is 2.55. The minimum atomic E-state index is -0.428. The number of aromatic nitrogens is 4. The lowest BCUT2D eigenvalue weighted by Gasteiger charge is -2.32. The smallest absolute Gasteiger partial charge is 0.328 e. The number of carbonyl (C=O) groups excluding carboxylic acids is 1. The van der Waals surface area contributed by atoms with E-state index in [0.717, 1.165) is 42.7 Å². The summed E-state index contributed by atoms with van der Waals surface area (Å²) < 4.78 is 3.11. The zero-order chi connectivity index (χ0) is 20.4. The molecule has 1 aliphatic heterocycles. The lowest BCUT2D eigenvalue weighted by molar-refractivity contribution is -0.132. The molecule has 0 atom stereocenters. The molecule has 2 aromatic heterocycles. The Kier molecular flexibility index (Phi) is 5.86. The topological polar surface area (TPSA) is 93.0 Å². The third-order valence-corrected chi connectivity index (χ3v) is 5.71. The van der Waals surface area contributed by atoms with Crippen molar-refractivity contribution in [2.24, 2.45) is 13.0 Å². The highest BCUT2D eigenvalue weighted by atomic mass is 16.2. The fourth-order valence-electron chi connectivity index (χ4n) is 3.93. The van der Waals surface area contributed by atoms with E-state index in [2.05, 4.69) is 27.8 Å². The van der Waals surface area contributed by atoms with Crippen molar-refractivity contribution in [1.82, 2.24) is 24.2 Å². The summed E-state index contributed by atoms with van der Waals surface area (Å²) in [6, 6.07) is 2.09. The molecule has 0 radical (unpaired) electrons. The molecule has 1 saturated heterocycles. The molecule has 1 amide bonds. The highest BCUT2D eigenvalue weighted by Gasteiger charge is 2.24. The number of hydrogen-bond acceptors (Lipinski definition) is 4. The third kappa shape index (κ3) is 4.26. The lowest BCUT2D eigenvalue weighted by Crippen LogP contribution is -2.40. The van der Waals surface area contributed by atoms with Gasteiger partial charge in [-0.25, -0.2) is 4.79 Å². The Hall–Kier alpha value is -2.64. The summed E-state index contributed by atoms with van der Waals surface area (Å²) in [7, 11) is 1.44. The van der Waals surface area contributed by atoms with Gasteiger partial charge in [0.2, 0.25) is 5.91 Å². The predicted molar refractivity (Wildman–Crippen MR) is 106 cm³/mol. The molecule has 1 fully saturated rings. The number of carbonyl (C=O) groups is 1. The molecule has 0 unspecified atom stereocenters. The second-order valence-corrected chi connectivity index (χ2v) is 7.83. The maximum atomic E-state index is 12.6. The van der Waals surface area contributed by atoms with Crippen LogP contribution in [0.1, 0.15) is 41.9 Å². The SMILES string of the molecule is Cc1cc(C)n(CC2CCN(C(=O)CCc3c(C)[nH]c(=O)n(C)c3=O)CC2)n1. The van der Waals surface area contributed by atoms with Gasteiger partial charge in [0.1, 0.15) is 0 Å². The van der Waals surface area contributed by atoms with Crippen LogP contribution in [0.3, 0.4) is 0 Å². The van der Waals surface area contributed by atoms with Crippen molar-refractivity contribution >= 4 is 5.91 Å². The molecule has 1 aliphatic rings. The van der Waals surface area contributed by atoms with Crippen LogP contribution < -0.4 is 11.2 Å². The van der Waals surface area contributed by atoms with Gasteiger partial charge >= 0.3 is 5.69 Å². The molecule has 152 valence electrons. The maximum absolute atomic E-state index is 12.6. The first kappa shape index (κ1) is 20.1. The highest BCUT2D eigenvalue weighted by molar-refractivity contribution is 5.76. The van der Waals surface area contributed by atoms with Gasteiger partial charge < -0.3 is 9.88 Å². The molecule has 8 nitrogen and oxygen atoms in total. The first-order chi connectivity index (χ1) is 13.3. The predicted octanol–water partition coefficient (Wildman–Crippen LogP) is 1.07. The molecule has 1 N–H and O–H groups in total. The number of nitrogens with one attached hydrogen (secondary N) is 1. The Labute approximate surface area is 164 Å². The van der Waals surface area contributed by atoms with Crippen LogP contribution in [-0.4, -0.2) is 43.2 Å². The van der Waals surface area contributed by atoms with Crippen molar-refractivity contribution in [2.45, 2.75) is 53.0 Å².